The number of aliphatic carboxylic acids is 1. The molecule has 128 valence electrons. The van der Waals surface area contributed by atoms with Gasteiger partial charge < -0.3 is 19.3 Å². The Morgan fingerprint density at radius 2 is 2.08 bits per heavy atom. The lowest BCUT2D eigenvalue weighted by molar-refractivity contribution is -0.141. The minimum absolute atomic E-state index is 0.237. The number of hydrogen-bond acceptors (Lipinski definition) is 3. The fourth-order valence-corrected chi connectivity index (χ4v) is 3.43. The van der Waals surface area contributed by atoms with Gasteiger partial charge in [-0.05, 0) is 18.6 Å². The summed E-state index contributed by atoms with van der Waals surface area (Å²) in [6, 6.07) is 8.85. The summed E-state index contributed by atoms with van der Waals surface area (Å²) in [5, 5.41) is 10.4. The molecular formula is C18H22N2O4. The van der Waals surface area contributed by atoms with E-state index in [-0.39, 0.29) is 12.0 Å². The molecule has 2 unspecified atom stereocenters. The molecule has 1 aliphatic rings. The molecule has 2 aromatic rings. The lowest BCUT2D eigenvalue weighted by Crippen LogP contribution is -2.41. The van der Waals surface area contributed by atoms with Gasteiger partial charge >= 0.3 is 5.97 Å². The maximum Gasteiger partial charge on any atom is 0.326 e. The molecule has 1 aliphatic heterocycles. The van der Waals surface area contributed by atoms with Crippen molar-refractivity contribution in [2.45, 2.75) is 38.5 Å². The van der Waals surface area contributed by atoms with Crippen LogP contribution in [-0.2, 0) is 16.1 Å². The molecule has 1 saturated heterocycles. The highest BCUT2D eigenvalue weighted by molar-refractivity contribution is 6.00. The van der Waals surface area contributed by atoms with E-state index < -0.39 is 12.0 Å². The average molecular weight is 330 g/mol. The zero-order valence-electron chi connectivity index (χ0n) is 13.9. The Labute approximate surface area is 140 Å². The number of methoxy groups -OCH3 is 1. The summed E-state index contributed by atoms with van der Waals surface area (Å²) in [6.07, 6.45) is 0.979. The molecule has 0 bridgehead atoms. The molecule has 1 fully saturated rings. The summed E-state index contributed by atoms with van der Waals surface area (Å²) >= 11 is 0. The Kier molecular flexibility index (Phi) is 4.57. The predicted octanol–water partition coefficient (Wildman–Crippen LogP) is 2.37. The Morgan fingerprint density at radius 3 is 2.75 bits per heavy atom. The van der Waals surface area contributed by atoms with Crippen molar-refractivity contribution < 1.29 is 19.4 Å². The van der Waals surface area contributed by atoms with Gasteiger partial charge in [0.1, 0.15) is 11.7 Å². The number of para-hydroxylation sites is 1. The lowest BCUT2D eigenvalue weighted by Gasteiger charge is -2.22. The highest BCUT2D eigenvalue weighted by Gasteiger charge is 2.40. The van der Waals surface area contributed by atoms with Crippen LogP contribution in [0.2, 0.25) is 0 Å². The Hall–Kier alpha value is -2.34. The second kappa shape index (κ2) is 6.65. The van der Waals surface area contributed by atoms with Crippen LogP contribution in [-0.4, -0.2) is 52.3 Å². The quantitative estimate of drug-likeness (QED) is 0.913. The van der Waals surface area contributed by atoms with Crippen molar-refractivity contribution in [3.63, 3.8) is 0 Å². The maximum absolute atomic E-state index is 13.1. The van der Waals surface area contributed by atoms with Gasteiger partial charge in [0, 0.05) is 37.5 Å². The van der Waals surface area contributed by atoms with E-state index in [1.807, 2.05) is 34.9 Å². The molecule has 0 spiro atoms. The molecule has 3 rings (SSSR count). The molecule has 1 aromatic carbocycles. The van der Waals surface area contributed by atoms with Crippen LogP contribution >= 0.6 is 0 Å². The smallest absolute Gasteiger partial charge is 0.326 e. The number of carboxylic acid groups (broad SMARTS) is 1. The third kappa shape index (κ3) is 2.78. The summed E-state index contributed by atoms with van der Waals surface area (Å²) in [5.74, 6) is -1.23. The van der Waals surface area contributed by atoms with Crippen molar-refractivity contribution in [2.24, 2.45) is 0 Å². The zero-order chi connectivity index (χ0) is 17.3. The van der Waals surface area contributed by atoms with Crippen LogP contribution in [0.25, 0.3) is 10.9 Å². The van der Waals surface area contributed by atoms with Crippen molar-refractivity contribution in [1.29, 1.82) is 0 Å². The van der Waals surface area contributed by atoms with Crippen LogP contribution in [0.15, 0.2) is 30.3 Å². The molecule has 0 radical (unpaired) electrons. The number of benzene rings is 1. The number of nitrogens with zero attached hydrogens (tertiary/aromatic N) is 2. The second-order valence-corrected chi connectivity index (χ2v) is 6.14. The summed E-state index contributed by atoms with van der Waals surface area (Å²) in [5.41, 5.74) is 1.54. The number of amides is 1. The molecule has 1 amide bonds. The molecule has 1 aromatic heterocycles. The molecule has 0 saturated carbocycles. The van der Waals surface area contributed by atoms with E-state index in [9.17, 15) is 14.7 Å². The van der Waals surface area contributed by atoms with Crippen molar-refractivity contribution in [3.05, 3.63) is 36.0 Å². The standard InChI is InChI=1S/C18H22N2O4/c1-3-8-19-14-7-5-4-6-12(14)9-15(19)17(21)20-11-13(24-2)10-16(20)18(22)23/h4-7,9,13,16H,3,8,10-11H2,1-2H3,(H,22,23). The number of aromatic nitrogens is 1. The SMILES string of the molecule is CCCn1c(C(=O)N2CC(OC)CC2C(=O)O)cc2ccccc21. The van der Waals surface area contributed by atoms with E-state index in [1.54, 1.807) is 7.11 Å². The highest BCUT2D eigenvalue weighted by Crippen LogP contribution is 2.26. The largest absolute Gasteiger partial charge is 0.480 e. The molecule has 6 heteroatoms. The summed E-state index contributed by atoms with van der Waals surface area (Å²) in [6.45, 7) is 3.08. The lowest BCUT2D eigenvalue weighted by atomic mass is 10.2. The van der Waals surface area contributed by atoms with Crippen LogP contribution < -0.4 is 0 Å². The van der Waals surface area contributed by atoms with Gasteiger partial charge in [-0.1, -0.05) is 25.1 Å². The van der Waals surface area contributed by atoms with Crippen LogP contribution in [0.5, 0.6) is 0 Å². The molecule has 1 N–H and O–H groups in total. The zero-order valence-corrected chi connectivity index (χ0v) is 13.9. The number of rotatable bonds is 5. The van der Waals surface area contributed by atoms with Crippen molar-refractivity contribution in [3.8, 4) is 0 Å². The molecule has 0 aliphatic carbocycles. The number of likely N-dealkylation sites (tertiary alicyclic amines) is 1. The van der Waals surface area contributed by atoms with E-state index in [0.717, 1.165) is 17.3 Å². The third-order valence-electron chi connectivity index (χ3n) is 4.62. The number of fused-ring (bicyclic) bond motifs is 1. The first-order chi connectivity index (χ1) is 11.6. The third-order valence-corrected chi connectivity index (χ3v) is 4.62. The first-order valence-electron chi connectivity index (χ1n) is 8.21. The van der Waals surface area contributed by atoms with E-state index in [2.05, 4.69) is 6.92 Å². The fraction of sp³-hybridized carbons (Fsp3) is 0.444. The molecular weight excluding hydrogens is 308 g/mol. The number of aryl methyl sites for hydroxylation is 1. The van der Waals surface area contributed by atoms with Gasteiger partial charge in [-0.15, -0.1) is 0 Å². The van der Waals surface area contributed by atoms with E-state index in [0.29, 0.717) is 25.2 Å². The minimum Gasteiger partial charge on any atom is -0.480 e. The predicted molar refractivity (Wildman–Crippen MR) is 90.1 cm³/mol. The first kappa shape index (κ1) is 16.5. The highest BCUT2D eigenvalue weighted by atomic mass is 16.5. The van der Waals surface area contributed by atoms with Crippen LogP contribution in [0.4, 0.5) is 0 Å². The van der Waals surface area contributed by atoms with Gasteiger partial charge in [0.15, 0.2) is 0 Å². The number of carbonyl (C=O) groups is 2. The monoisotopic (exact) mass is 330 g/mol. The topological polar surface area (TPSA) is 71.8 Å². The number of carbonyl (C=O) groups excluding carboxylic acids is 1. The summed E-state index contributed by atoms with van der Waals surface area (Å²) in [4.78, 5) is 26.0. The number of hydrogen-bond donors (Lipinski definition) is 1. The maximum atomic E-state index is 13.1. The van der Waals surface area contributed by atoms with Gasteiger partial charge in [-0.25, -0.2) is 4.79 Å². The Balaban J connectivity index is 2.01. The van der Waals surface area contributed by atoms with Gasteiger partial charge in [-0.2, -0.15) is 0 Å². The Morgan fingerprint density at radius 1 is 1.33 bits per heavy atom. The van der Waals surface area contributed by atoms with Crippen LogP contribution in [0.1, 0.15) is 30.3 Å². The van der Waals surface area contributed by atoms with Gasteiger partial charge in [-0.3, -0.25) is 4.79 Å². The van der Waals surface area contributed by atoms with Crippen molar-refractivity contribution in [2.75, 3.05) is 13.7 Å². The molecule has 24 heavy (non-hydrogen) atoms. The molecule has 2 atom stereocenters. The normalized spacial score (nSPS) is 20.7. The minimum atomic E-state index is -0.985. The number of carboxylic acids is 1. The number of ether oxygens (including phenoxy) is 1. The van der Waals surface area contributed by atoms with E-state index >= 15 is 0 Å². The fourth-order valence-electron chi connectivity index (χ4n) is 3.43. The van der Waals surface area contributed by atoms with E-state index in [4.69, 9.17) is 4.74 Å². The second-order valence-electron chi connectivity index (χ2n) is 6.14. The van der Waals surface area contributed by atoms with E-state index in [1.165, 1.54) is 4.90 Å². The average Bonchev–Trinajstić information content (AvgIpc) is 3.17. The summed E-state index contributed by atoms with van der Waals surface area (Å²) in [7, 11) is 1.55. The molecule has 6 nitrogen and oxygen atoms in total. The van der Waals surface area contributed by atoms with Crippen LogP contribution in [0, 0.1) is 0 Å². The molecule has 2 heterocycles. The summed E-state index contributed by atoms with van der Waals surface area (Å²) < 4.78 is 7.26. The van der Waals surface area contributed by atoms with Crippen molar-refractivity contribution in [1.82, 2.24) is 9.47 Å². The van der Waals surface area contributed by atoms with Gasteiger partial charge in [0.25, 0.3) is 5.91 Å². The van der Waals surface area contributed by atoms with Crippen LogP contribution in [0.3, 0.4) is 0 Å². The Bertz CT molecular complexity index is 767. The van der Waals surface area contributed by atoms with Gasteiger partial charge in [0.2, 0.25) is 0 Å². The van der Waals surface area contributed by atoms with Crippen molar-refractivity contribution >= 4 is 22.8 Å². The van der Waals surface area contributed by atoms with Gasteiger partial charge in [0.05, 0.1) is 6.10 Å². The first-order valence-corrected chi connectivity index (χ1v) is 8.21.